The second-order valence-electron chi connectivity index (χ2n) is 6.66. The Hall–Kier alpha value is -3.28. The summed E-state index contributed by atoms with van der Waals surface area (Å²) in [5.74, 6) is 0.473. The van der Waals surface area contributed by atoms with E-state index in [0.29, 0.717) is 18.8 Å². The van der Waals surface area contributed by atoms with E-state index in [2.05, 4.69) is 9.88 Å². The van der Waals surface area contributed by atoms with Gasteiger partial charge in [0.15, 0.2) is 0 Å². The van der Waals surface area contributed by atoms with Gasteiger partial charge in [-0.25, -0.2) is 9.18 Å². The maximum Gasteiger partial charge on any atom is 0.322 e. The van der Waals surface area contributed by atoms with Gasteiger partial charge in [-0.15, -0.1) is 0 Å². The number of halogens is 1. The van der Waals surface area contributed by atoms with E-state index in [1.165, 1.54) is 12.1 Å². The average molecular weight is 379 g/mol. The van der Waals surface area contributed by atoms with Crippen molar-refractivity contribution in [3.8, 4) is 5.75 Å². The van der Waals surface area contributed by atoms with Gasteiger partial charge in [-0.05, 0) is 61.0 Å². The van der Waals surface area contributed by atoms with Crippen molar-refractivity contribution in [2.24, 2.45) is 0 Å². The summed E-state index contributed by atoms with van der Waals surface area (Å²) in [5, 5.41) is 2.96. The van der Waals surface area contributed by atoms with Gasteiger partial charge in [0.05, 0.1) is 12.6 Å². The van der Waals surface area contributed by atoms with Crippen LogP contribution in [0.15, 0.2) is 66.9 Å². The zero-order valence-corrected chi connectivity index (χ0v) is 15.6. The SMILES string of the molecule is CCOc1ccc(NC(=O)N2CCn3cccc3[C@H]2c2ccc(F)cc2)cc1. The number of benzene rings is 2. The van der Waals surface area contributed by atoms with Crippen molar-refractivity contribution in [1.82, 2.24) is 9.47 Å². The van der Waals surface area contributed by atoms with E-state index in [-0.39, 0.29) is 17.9 Å². The zero-order valence-electron chi connectivity index (χ0n) is 15.6. The number of amides is 2. The predicted molar refractivity (Wildman–Crippen MR) is 106 cm³/mol. The summed E-state index contributed by atoms with van der Waals surface area (Å²) >= 11 is 0. The second-order valence-corrected chi connectivity index (χ2v) is 6.66. The molecule has 0 spiro atoms. The number of rotatable bonds is 4. The highest BCUT2D eigenvalue weighted by Gasteiger charge is 2.32. The Bertz CT molecular complexity index is 951. The molecule has 0 saturated carbocycles. The van der Waals surface area contributed by atoms with E-state index in [1.807, 2.05) is 49.5 Å². The molecule has 0 aliphatic carbocycles. The first-order chi connectivity index (χ1) is 13.7. The molecule has 144 valence electrons. The van der Waals surface area contributed by atoms with E-state index >= 15 is 0 Å². The molecule has 0 bridgehead atoms. The van der Waals surface area contributed by atoms with Gasteiger partial charge in [-0.2, -0.15) is 0 Å². The average Bonchev–Trinajstić information content (AvgIpc) is 3.18. The van der Waals surface area contributed by atoms with Crippen molar-refractivity contribution in [1.29, 1.82) is 0 Å². The lowest BCUT2D eigenvalue weighted by atomic mass is 10.0. The van der Waals surface area contributed by atoms with Crippen LogP contribution in [0.2, 0.25) is 0 Å². The van der Waals surface area contributed by atoms with Crippen LogP contribution in [0.3, 0.4) is 0 Å². The van der Waals surface area contributed by atoms with Gasteiger partial charge in [-0.1, -0.05) is 12.1 Å². The van der Waals surface area contributed by atoms with Crippen LogP contribution in [-0.2, 0) is 6.54 Å². The summed E-state index contributed by atoms with van der Waals surface area (Å²) in [4.78, 5) is 14.9. The fourth-order valence-electron chi connectivity index (χ4n) is 3.59. The molecular formula is C22H22FN3O2. The van der Waals surface area contributed by atoms with Crippen molar-refractivity contribution in [3.05, 3.63) is 83.9 Å². The maximum absolute atomic E-state index is 13.4. The third-order valence-electron chi connectivity index (χ3n) is 4.90. The Labute approximate surface area is 163 Å². The van der Waals surface area contributed by atoms with Gasteiger partial charge in [0, 0.05) is 30.7 Å². The van der Waals surface area contributed by atoms with Crippen LogP contribution in [0.4, 0.5) is 14.9 Å². The van der Waals surface area contributed by atoms with Crippen LogP contribution in [0.1, 0.15) is 24.2 Å². The lowest BCUT2D eigenvalue weighted by Gasteiger charge is -2.37. The Kier molecular flexibility index (Phi) is 5.02. The number of carbonyl (C=O) groups is 1. The Balaban J connectivity index is 1.59. The molecule has 6 heteroatoms. The van der Waals surface area contributed by atoms with Gasteiger partial charge in [0.2, 0.25) is 0 Å². The fraction of sp³-hybridized carbons (Fsp3) is 0.227. The molecule has 1 aliphatic rings. The molecule has 0 unspecified atom stereocenters. The monoisotopic (exact) mass is 379 g/mol. The van der Waals surface area contributed by atoms with Crippen LogP contribution in [0.5, 0.6) is 5.75 Å². The molecular weight excluding hydrogens is 357 g/mol. The number of nitrogens with zero attached hydrogens (tertiary/aromatic N) is 2. The van der Waals surface area contributed by atoms with Gasteiger partial charge in [0.1, 0.15) is 11.6 Å². The van der Waals surface area contributed by atoms with Crippen molar-refractivity contribution >= 4 is 11.7 Å². The summed E-state index contributed by atoms with van der Waals surface area (Å²) < 4.78 is 21.0. The third-order valence-corrected chi connectivity index (χ3v) is 4.90. The molecule has 4 rings (SSSR count). The molecule has 1 aliphatic heterocycles. The Morgan fingerprint density at radius 1 is 1.11 bits per heavy atom. The first-order valence-corrected chi connectivity index (χ1v) is 9.36. The number of aromatic nitrogens is 1. The summed E-state index contributed by atoms with van der Waals surface area (Å²) in [7, 11) is 0. The molecule has 0 saturated heterocycles. The van der Waals surface area contributed by atoms with Gasteiger partial charge < -0.3 is 19.5 Å². The number of fused-ring (bicyclic) bond motifs is 1. The Morgan fingerprint density at radius 3 is 2.57 bits per heavy atom. The Morgan fingerprint density at radius 2 is 1.86 bits per heavy atom. The summed E-state index contributed by atoms with van der Waals surface area (Å²) in [6, 6.07) is 17.2. The number of carbonyl (C=O) groups excluding carboxylic acids is 1. The number of nitrogens with one attached hydrogen (secondary N) is 1. The quantitative estimate of drug-likeness (QED) is 0.716. The molecule has 2 heterocycles. The summed E-state index contributed by atoms with van der Waals surface area (Å²) in [6.07, 6.45) is 2.01. The molecule has 1 aromatic heterocycles. The lowest BCUT2D eigenvalue weighted by Crippen LogP contribution is -2.44. The standard InChI is InChI=1S/C22H22FN3O2/c1-2-28-19-11-9-18(10-12-19)24-22(27)26-15-14-25-13-3-4-20(25)21(26)16-5-7-17(23)8-6-16/h3-13,21H,2,14-15H2,1H3,(H,24,27)/t21-/m1/s1. The number of hydrogen-bond donors (Lipinski definition) is 1. The molecule has 28 heavy (non-hydrogen) atoms. The number of anilines is 1. The normalized spacial score (nSPS) is 15.8. The summed E-state index contributed by atoms with van der Waals surface area (Å²) in [5.41, 5.74) is 2.59. The first kappa shape index (κ1) is 18.1. The van der Waals surface area contributed by atoms with Crippen molar-refractivity contribution in [2.75, 3.05) is 18.5 Å². The largest absolute Gasteiger partial charge is 0.494 e. The van der Waals surface area contributed by atoms with Crippen LogP contribution >= 0.6 is 0 Å². The van der Waals surface area contributed by atoms with E-state index in [0.717, 1.165) is 23.6 Å². The van der Waals surface area contributed by atoms with E-state index in [9.17, 15) is 9.18 Å². The maximum atomic E-state index is 13.4. The minimum Gasteiger partial charge on any atom is -0.494 e. The molecule has 5 nitrogen and oxygen atoms in total. The van der Waals surface area contributed by atoms with Crippen molar-refractivity contribution in [2.45, 2.75) is 19.5 Å². The third kappa shape index (κ3) is 3.58. The van der Waals surface area contributed by atoms with Gasteiger partial charge in [-0.3, -0.25) is 0 Å². The second kappa shape index (κ2) is 7.76. The molecule has 3 aromatic rings. The van der Waals surface area contributed by atoms with E-state index in [4.69, 9.17) is 4.74 Å². The topological polar surface area (TPSA) is 46.5 Å². The van der Waals surface area contributed by atoms with E-state index < -0.39 is 0 Å². The number of ether oxygens (including phenoxy) is 1. The van der Waals surface area contributed by atoms with Crippen LogP contribution in [0, 0.1) is 5.82 Å². The number of urea groups is 1. The molecule has 0 fully saturated rings. The molecule has 1 N–H and O–H groups in total. The van der Waals surface area contributed by atoms with Crippen LogP contribution in [0.25, 0.3) is 0 Å². The van der Waals surface area contributed by atoms with Crippen LogP contribution in [-0.4, -0.2) is 28.6 Å². The first-order valence-electron chi connectivity index (χ1n) is 9.36. The minimum atomic E-state index is -0.291. The minimum absolute atomic E-state index is 0.189. The molecule has 2 aromatic carbocycles. The lowest BCUT2D eigenvalue weighted by molar-refractivity contribution is 0.182. The number of hydrogen-bond acceptors (Lipinski definition) is 2. The van der Waals surface area contributed by atoms with Crippen molar-refractivity contribution in [3.63, 3.8) is 0 Å². The van der Waals surface area contributed by atoms with Gasteiger partial charge >= 0.3 is 6.03 Å². The van der Waals surface area contributed by atoms with Crippen molar-refractivity contribution < 1.29 is 13.9 Å². The molecule has 1 atom stereocenters. The van der Waals surface area contributed by atoms with Gasteiger partial charge in [0.25, 0.3) is 0 Å². The molecule has 0 radical (unpaired) electrons. The predicted octanol–water partition coefficient (Wildman–Crippen LogP) is 4.66. The highest BCUT2D eigenvalue weighted by atomic mass is 19.1. The van der Waals surface area contributed by atoms with Crippen LogP contribution < -0.4 is 10.1 Å². The highest BCUT2D eigenvalue weighted by molar-refractivity contribution is 5.90. The fourth-order valence-corrected chi connectivity index (χ4v) is 3.59. The molecule has 2 amide bonds. The highest BCUT2D eigenvalue weighted by Crippen LogP contribution is 2.33. The smallest absolute Gasteiger partial charge is 0.322 e. The van der Waals surface area contributed by atoms with E-state index in [1.54, 1.807) is 17.0 Å². The summed E-state index contributed by atoms with van der Waals surface area (Å²) in [6.45, 7) is 3.80. The zero-order chi connectivity index (χ0) is 19.5.